The molecule has 7 atom stereocenters. The molecule has 6 heteroatoms. The molecule has 0 bridgehead atoms. The van der Waals surface area contributed by atoms with Crippen molar-refractivity contribution < 1.29 is 19.1 Å². The van der Waals surface area contributed by atoms with Crippen molar-refractivity contribution in [1.82, 2.24) is 10.6 Å². The first-order valence-electron chi connectivity index (χ1n) is 12.2. The van der Waals surface area contributed by atoms with Crippen LogP contribution >= 0.6 is 0 Å². The van der Waals surface area contributed by atoms with Crippen molar-refractivity contribution in [3.8, 4) is 0 Å². The van der Waals surface area contributed by atoms with Crippen molar-refractivity contribution in [2.24, 2.45) is 34.5 Å². The number of rotatable bonds is 6. The number of hydrogen-bond donors (Lipinski definition) is 3. The van der Waals surface area contributed by atoms with E-state index in [1.54, 1.807) is 12.3 Å². The summed E-state index contributed by atoms with van der Waals surface area (Å²) in [6, 6.07) is 3.71. The van der Waals surface area contributed by atoms with Gasteiger partial charge in [0.05, 0.1) is 18.9 Å². The van der Waals surface area contributed by atoms with Gasteiger partial charge in [-0.1, -0.05) is 41.5 Å². The van der Waals surface area contributed by atoms with Gasteiger partial charge in [-0.3, -0.25) is 9.59 Å². The van der Waals surface area contributed by atoms with Crippen LogP contribution in [0, 0.1) is 34.5 Å². The molecule has 0 aliphatic heterocycles. The molecular weight excluding hydrogens is 404 g/mol. The van der Waals surface area contributed by atoms with Gasteiger partial charge < -0.3 is 20.2 Å². The number of furan rings is 1. The largest absolute Gasteiger partial charge is 0.467 e. The molecule has 3 rings (SSSR count). The highest BCUT2D eigenvalue weighted by atomic mass is 16.3. The summed E-state index contributed by atoms with van der Waals surface area (Å²) < 4.78 is 5.30. The van der Waals surface area contributed by atoms with Gasteiger partial charge in [-0.25, -0.2) is 0 Å². The summed E-state index contributed by atoms with van der Waals surface area (Å²) in [5.74, 6) is 0.614. The summed E-state index contributed by atoms with van der Waals surface area (Å²) in [5.41, 5.74) is -0.00462. The molecule has 32 heavy (non-hydrogen) atoms. The number of aliphatic hydroxyl groups is 1. The molecule has 2 saturated carbocycles. The van der Waals surface area contributed by atoms with E-state index in [-0.39, 0.29) is 52.4 Å². The Hall–Kier alpha value is -1.82. The quantitative estimate of drug-likeness (QED) is 0.608. The molecule has 180 valence electrons. The van der Waals surface area contributed by atoms with Gasteiger partial charge in [0.2, 0.25) is 11.8 Å². The zero-order valence-corrected chi connectivity index (χ0v) is 20.6. The Labute approximate surface area is 192 Å². The molecule has 2 fully saturated rings. The van der Waals surface area contributed by atoms with E-state index in [2.05, 4.69) is 45.3 Å². The number of carbonyl (C=O) groups is 2. The molecule has 2 amide bonds. The van der Waals surface area contributed by atoms with Crippen molar-refractivity contribution >= 4 is 11.8 Å². The fourth-order valence-electron chi connectivity index (χ4n) is 6.18. The minimum Gasteiger partial charge on any atom is -0.467 e. The Balaban J connectivity index is 1.66. The average molecular weight is 447 g/mol. The minimum atomic E-state index is -0.560. The number of aliphatic hydroxyl groups excluding tert-OH is 1. The molecule has 2 aliphatic rings. The molecule has 0 saturated heterocycles. The molecule has 1 aromatic rings. The molecular formula is C26H42N2O4. The number of fused-ring (bicyclic) bond motifs is 1. The fraction of sp³-hybridized carbons (Fsp3) is 0.769. The van der Waals surface area contributed by atoms with Gasteiger partial charge in [0, 0.05) is 18.4 Å². The van der Waals surface area contributed by atoms with Crippen LogP contribution in [0.2, 0.25) is 0 Å². The lowest BCUT2D eigenvalue weighted by Crippen LogP contribution is -2.58. The van der Waals surface area contributed by atoms with E-state index < -0.39 is 6.10 Å². The van der Waals surface area contributed by atoms with Crippen molar-refractivity contribution in [3.63, 3.8) is 0 Å². The van der Waals surface area contributed by atoms with Gasteiger partial charge in [0.15, 0.2) is 0 Å². The lowest BCUT2D eigenvalue weighted by atomic mass is 9.51. The van der Waals surface area contributed by atoms with E-state index in [0.717, 1.165) is 31.4 Å². The molecule has 3 N–H and O–H groups in total. The molecule has 1 aromatic heterocycles. The number of amides is 2. The predicted molar refractivity (Wildman–Crippen MR) is 124 cm³/mol. The van der Waals surface area contributed by atoms with E-state index in [1.165, 1.54) is 0 Å². The smallest absolute Gasteiger partial charge is 0.223 e. The van der Waals surface area contributed by atoms with Crippen LogP contribution in [0.15, 0.2) is 22.8 Å². The Bertz CT molecular complexity index is 784. The second-order valence-corrected chi connectivity index (χ2v) is 11.8. The van der Waals surface area contributed by atoms with Crippen LogP contribution in [0.25, 0.3) is 0 Å². The van der Waals surface area contributed by atoms with E-state index in [4.69, 9.17) is 4.42 Å². The first-order chi connectivity index (χ1) is 14.9. The van der Waals surface area contributed by atoms with Crippen LogP contribution in [0.3, 0.4) is 0 Å². The SMILES string of the molecule is C[C@@H]1[C@@H]2[C@@H](O)[C@@H]([C@H](C)C(=O)NCc3ccco3)CC[C@]2(C)CC[C@@H]1NC(=O)CC(C)(C)C. The molecule has 1 heterocycles. The Morgan fingerprint density at radius 2 is 1.97 bits per heavy atom. The number of carbonyl (C=O) groups excluding carboxylic acids is 2. The third-order valence-corrected chi connectivity index (χ3v) is 8.00. The summed E-state index contributed by atoms with van der Waals surface area (Å²) in [6.45, 7) is 12.9. The maximum Gasteiger partial charge on any atom is 0.223 e. The van der Waals surface area contributed by atoms with E-state index in [9.17, 15) is 14.7 Å². The highest BCUT2D eigenvalue weighted by molar-refractivity contribution is 5.78. The topological polar surface area (TPSA) is 91.6 Å². The van der Waals surface area contributed by atoms with Crippen LogP contribution in [-0.4, -0.2) is 29.1 Å². The highest BCUT2D eigenvalue weighted by Gasteiger charge is 2.53. The number of nitrogens with one attached hydrogen (secondary N) is 2. The first kappa shape index (κ1) is 24.8. The second-order valence-electron chi connectivity index (χ2n) is 11.8. The lowest BCUT2D eigenvalue weighted by Gasteiger charge is -2.56. The zero-order valence-electron chi connectivity index (χ0n) is 20.6. The molecule has 0 radical (unpaired) electrons. The first-order valence-corrected chi connectivity index (χ1v) is 12.2. The molecule has 6 nitrogen and oxygen atoms in total. The summed E-state index contributed by atoms with van der Waals surface area (Å²) in [7, 11) is 0. The van der Waals surface area contributed by atoms with Crippen LogP contribution in [0.4, 0.5) is 0 Å². The molecule has 2 aliphatic carbocycles. The molecule has 0 unspecified atom stereocenters. The van der Waals surface area contributed by atoms with Gasteiger partial charge in [0.1, 0.15) is 5.76 Å². The van der Waals surface area contributed by atoms with Crippen molar-refractivity contribution in [3.05, 3.63) is 24.2 Å². The Morgan fingerprint density at radius 3 is 2.59 bits per heavy atom. The normalized spacial score (nSPS) is 33.8. The van der Waals surface area contributed by atoms with Gasteiger partial charge in [-0.15, -0.1) is 0 Å². The minimum absolute atomic E-state index is 0.0466. The van der Waals surface area contributed by atoms with Crippen LogP contribution < -0.4 is 10.6 Å². The van der Waals surface area contributed by atoms with Crippen molar-refractivity contribution in [2.75, 3.05) is 0 Å². The molecule has 0 aromatic carbocycles. The van der Waals surface area contributed by atoms with Gasteiger partial charge in [0.25, 0.3) is 0 Å². The maximum atomic E-state index is 12.8. The van der Waals surface area contributed by atoms with Crippen molar-refractivity contribution in [1.29, 1.82) is 0 Å². The summed E-state index contributed by atoms with van der Waals surface area (Å²) in [5, 5.41) is 17.7. The third-order valence-electron chi connectivity index (χ3n) is 8.00. The fourth-order valence-corrected chi connectivity index (χ4v) is 6.18. The van der Waals surface area contributed by atoms with Gasteiger partial charge in [-0.05, 0) is 66.4 Å². The summed E-state index contributed by atoms with van der Waals surface area (Å²) in [4.78, 5) is 25.4. The molecule has 0 spiro atoms. The van der Waals surface area contributed by atoms with E-state index in [1.807, 2.05) is 13.0 Å². The highest BCUT2D eigenvalue weighted by Crippen LogP contribution is 2.55. The van der Waals surface area contributed by atoms with E-state index >= 15 is 0 Å². The van der Waals surface area contributed by atoms with Gasteiger partial charge in [-0.2, -0.15) is 0 Å². The predicted octanol–water partition coefficient (Wildman–Crippen LogP) is 4.28. The van der Waals surface area contributed by atoms with Crippen LogP contribution in [0.1, 0.15) is 79.4 Å². The van der Waals surface area contributed by atoms with Gasteiger partial charge >= 0.3 is 0 Å². The lowest BCUT2D eigenvalue weighted by molar-refractivity contribution is -0.144. The van der Waals surface area contributed by atoms with Crippen LogP contribution in [-0.2, 0) is 16.1 Å². The van der Waals surface area contributed by atoms with Crippen LogP contribution in [0.5, 0.6) is 0 Å². The summed E-state index contributed by atoms with van der Waals surface area (Å²) in [6.07, 6.45) is 5.31. The van der Waals surface area contributed by atoms with Crippen molar-refractivity contribution in [2.45, 2.75) is 92.3 Å². The van der Waals surface area contributed by atoms with E-state index in [0.29, 0.717) is 13.0 Å². The average Bonchev–Trinajstić information content (AvgIpc) is 3.20. The zero-order chi connectivity index (χ0) is 23.7. The standard InChI is InChI=1S/C26H42N2O4/c1-16(24(31)27-15-18-8-7-13-32-18)19-9-11-26(6)12-10-20(17(2)22(26)23(19)30)28-21(29)14-25(3,4)5/h7-8,13,16-17,19-20,22-23,30H,9-12,14-15H2,1-6H3,(H,27,31)(H,28,29)/t16-,17-,19+,20-,22+,23-,26+/m0/s1. The number of hydrogen-bond acceptors (Lipinski definition) is 4. The monoisotopic (exact) mass is 446 g/mol. The second kappa shape index (κ2) is 9.58. The maximum absolute atomic E-state index is 12.8. The summed E-state index contributed by atoms with van der Waals surface area (Å²) >= 11 is 0. The Kier molecular flexibility index (Phi) is 7.43. The Morgan fingerprint density at radius 1 is 1.28 bits per heavy atom. The third kappa shape index (κ3) is 5.56.